The van der Waals surface area contributed by atoms with Gasteiger partial charge in [0.05, 0.1) is 21.8 Å². The van der Waals surface area contributed by atoms with Crippen molar-refractivity contribution >= 4 is 17.9 Å². The van der Waals surface area contributed by atoms with Crippen molar-refractivity contribution in [3.05, 3.63) is 76.8 Å². The number of carbonyl (C=O) groups is 1. The molecule has 3 nitrogen and oxygen atoms in total. The highest BCUT2D eigenvalue weighted by atomic mass is 35.5. The summed E-state index contributed by atoms with van der Waals surface area (Å²) in [5.74, 6) is 0.244. The predicted molar refractivity (Wildman–Crippen MR) is 91.6 cm³/mol. The molecule has 3 aromatic rings. The minimum atomic E-state index is -4.46. The molecule has 0 fully saturated rings. The lowest BCUT2D eigenvalue weighted by Gasteiger charge is -2.11. The Labute approximate surface area is 152 Å². The monoisotopic (exact) mass is 377 g/mol. The summed E-state index contributed by atoms with van der Waals surface area (Å²) in [5, 5.41) is 0.315. The maximum absolute atomic E-state index is 12.9. The number of pyridine rings is 1. The number of nitrogens with zero attached hydrogens (tertiary/aromatic N) is 1. The number of para-hydroxylation sites is 1. The average Bonchev–Trinajstić information content (AvgIpc) is 2.63. The van der Waals surface area contributed by atoms with Crippen LogP contribution in [-0.4, -0.2) is 11.3 Å². The van der Waals surface area contributed by atoms with Gasteiger partial charge >= 0.3 is 6.18 Å². The molecule has 7 heteroatoms. The Morgan fingerprint density at radius 2 is 1.77 bits per heavy atom. The molecule has 132 valence electrons. The van der Waals surface area contributed by atoms with Crippen molar-refractivity contribution in [2.75, 3.05) is 0 Å². The van der Waals surface area contributed by atoms with E-state index in [1.807, 2.05) is 0 Å². The summed E-state index contributed by atoms with van der Waals surface area (Å²) in [5.41, 5.74) is -0.143. The van der Waals surface area contributed by atoms with E-state index in [2.05, 4.69) is 4.98 Å². The summed E-state index contributed by atoms with van der Waals surface area (Å²) in [6.45, 7) is 0. The molecular formula is C19H11ClF3NO2. The third-order valence-corrected chi connectivity index (χ3v) is 3.86. The van der Waals surface area contributed by atoms with Crippen LogP contribution in [0.25, 0.3) is 11.3 Å². The molecule has 2 aromatic carbocycles. The molecule has 0 spiro atoms. The SMILES string of the molecule is O=Cc1ccc(-c2cccc(C(F)(F)F)c2)nc1Oc1ccccc1Cl. The third-order valence-electron chi connectivity index (χ3n) is 3.55. The van der Waals surface area contributed by atoms with Gasteiger partial charge in [-0.25, -0.2) is 4.98 Å². The maximum Gasteiger partial charge on any atom is 0.416 e. The van der Waals surface area contributed by atoms with Crippen LogP contribution in [0.1, 0.15) is 15.9 Å². The summed E-state index contributed by atoms with van der Waals surface area (Å²) in [4.78, 5) is 15.4. The van der Waals surface area contributed by atoms with Crippen molar-refractivity contribution in [1.82, 2.24) is 4.98 Å². The molecule has 0 saturated heterocycles. The van der Waals surface area contributed by atoms with E-state index in [1.54, 1.807) is 24.3 Å². The summed E-state index contributed by atoms with van der Waals surface area (Å²) >= 11 is 6.03. The molecule has 0 aliphatic rings. The molecule has 0 aliphatic heterocycles. The van der Waals surface area contributed by atoms with Gasteiger partial charge in [-0.05, 0) is 36.4 Å². The van der Waals surface area contributed by atoms with Crippen LogP contribution in [0.2, 0.25) is 5.02 Å². The zero-order chi connectivity index (χ0) is 18.7. The second-order valence-corrected chi connectivity index (χ2v) is 5.73. The van der Waals surface area contributed by atoms with Crippen LogP contribution >= 0.6 is 11.6 Å². The van der Waals surface area contributed by atoms with Gasteiger partial charge in [0, 0.05) is 5.56 Å². The second kappa shape index (κ2) is 7.17. The Hall–Kier alpha value is -2.86. The van der Waals surface area contributed by atoms with Gasteiger partial charge in [-0.1, -0.05) is 35.9 Å². The van der Waals surface area contributed by atoms with E-state index in [9.17, 15) is 18.0 Å². The Balaban J connectivity index is 2.03. The van der Waals surface area contributed by atoms with E-state index >= 15 is 0 Å². The minimum Gasteiger partial charge on any atom is -0.437 e. The first-order chi connectivity index (χ1) is 12.4. The number of benzene rings is 2. The third kappa shape index (κ3) is 3.86. The van der Waals surface area contributed by atoms with Gasteiger partial charge in [0.25, 0.3) is 0 Å². The van der Waals surface area contributed by atoms with Crippen molar-refractivity contribution in [2.24, 2.45) is 0 Å². The van der Waals surface area contributed by atoms with E-state index in [4.69, 9.17) is 16.3 Å². The summed E-state index contributed by atoms with van der Waals surface area (Å²) in [6.07, 6.45) is -3.91. The first kappa shape index (κ1) is 17.9. The number of halogens is 4. The standard InChI is InChI=1S/C19H11ClF3NO2/c20-15-6-1-2-7-17(15)26-18-13(11-25)8-9-16(24-18)12-4-3-5-14(10-12)19(21,22)23/h1-11H. The normalized spacial score (nSPS) is 11.2. The van der Waals surface area contributed by atoms with E-state index in [0.717, 1.165) is 12.1 Å². The van der Waals surface area contributed by atoms with Crippen LogP contribution in [0.5, 0.6) is 11.6 Å². The highest BCUT2D eigenvalue weighted by Crippen LogP contribution is 2.34. The molecule has 0 radical (unpaired) electrons. The van der Waals surface area contributed by atoms with E-state index in [1.165, 1.54) is 24.3 Å². The van der Waals surface area contributed by atoms with Crippen molar-refractivity contribution in [3.63, 3.8) is 0 Å². The van der Waals surface area contributed by atoms with Gasteiger partial charge in [0.2, 0.25) is 5.88 Å². The quantitative estimate of drug-likeness (QED) is 0.521. The van der Waals surface area contributed by atoms with Gasteiger partial charge in [-0.3, -0.25) is 4.79 Å². The Bertz CT molecular complexity index is 958. The Kier molecular flexibility index (Phi) is 4.95. The van der Waals surface area contributed by atoms with Crippen molar-refractivity contribution < 1.29 is 22.7 Å². The fourth-order valence-corrected chi connectivity index (χ4v) is 2.44. The van der Waals surface area contributed by atoms with Crippen molar-refractivity contribution in [2.45, 2.75) is 6.18 Å². The highest BCUT2D eigenvalue weighted by Gasteiger charge is 2.30. The molecule has 0 amide bonds. The lowest BCUT2D eigenvalue weighted by atomic mass is 10.1. The smallest absolute Gasteiger partial charge is 0.416 e. The predicted octanol–water partition coefficient (Wildman–Crippen LogP) is 6.03. The van der Waals surface area contributed by atoms with Crippen LogP contribution in [-0.2, 0) is 6.18 Å². The van der Waals surface area contributed by atoms with Crippen LogP contribution in [0.3, 0.4) is 0 Å². The number of hydrogen-bond acceptors (Lipinski definition) is 3. The number of carbonyl (C=O) groups excluding carboxylic acids is 1. The van der Waals surface area contributed by atoms with Crippen molar-refractivity contribution in [1.29, 1.82) is 0 Å². The lowest BCUT2D eigenvalue weighted by Crippen LogP contribution is -2.04. The molecule has 0 aliphatic carbocycles. The molecule has 0 N–H and O–H groups in total. The van der Waals surface area contributed by atoms with Gasteiger partial charge in [-0.2, -0.15) is 13.2 Å². The molecule has 0 bridgehead atoms. The number of aldehydes is 1. The second-order valence-electron chi connectivity index (χ2n) is 5.32. The lowest BCUT2D eigenvalue weighted by molar-refractivity contribution is -0.137. The van der Waals surface area contributed by atoms with E-state index in [0.29, 0.717) is 11.3 Å². The molecule has 1 heterocycles. The molecule has 1 aromatic heterocycles. The minimum absolute atomic E-state index is 0.0389. The molecule has 0 unspecified atom stereocenters. The van der Waals surface area contributed by atoms with E-state index < -0.39 is 11.7 Å². The zero-order valence-electron chi connectivity index (χ0n) is 13.1. The average molecular weight is 378 g/mol. The topological polar surface area (TPSA) is 39.2 Å². The molecule has 3 rings (SSSR count). The van der Waals surface area contributed by atoms with E-state index in [-0.39, 0.29) is 28.5 Å². The molecule has 0 atom stereocenters. The highest BCUT2D eigenvalue weighted by molar-refractivity contribution is 6.32. The maximum atomic E-state index is 12.9. The largest absolute Gasteiger partial charge is 0.437 e. The first-order valence-electron chi connectivity index (χ1n) is 7.45. The number of alkyl halides is 3. The van der Waals surface area contributed by atoms with Crippen LogP contribution < -0.4 is 4.74 Å². The Morgan fingerprint density at radius 1 is 1.00 bits per heavy atom. The van der Waals surface area contributed by atoms with Gasteiger partial charge in [0.1, 0.15) is 5.75 Å². The van der Waals surface area contributed by atoms with Gasteiger partial charge in [-0.15, -0.1) is 0 Å². The number of rotatable bonds is 4. The summed E-state index contributed by atoms with van der Waals surface area (Å²) < 4.78 is 44.3. The van der Waals surface area contributed by atoms with Crippen LogP contribution in [0, 0.1) is 0 Å². The van der Waals surface area contributed by atoms with Crippen LogP contribution in [0.4, 0.5) is 13.2 Å². The number of ether oxygens (including phenoxy) is 1. The first-order valence-corrected chi connectivity index (χ1v) is 7.82. The fraction of sp³-hybridized carbons (Fsp3) is 0.0526. The summed E-state index contributed by atoms with van der Waals surface area (Å²) in [6, 6.07) is 14.2. The molecule has 0 saturated carbocycles. The number of hydrogen-bond donors (Lipinski definition) is 0. The molecular weight excluding hydrogens is 367 g/mol. The van der Waals surface area contributed by atoms with Gasteiger partial charge in [0.15, 0.2) is 6.29 Å². The van der Waals surface area contributed by atoms with Gasteiger partial charge < -0.3 is 4.74 Å². The summed E-state index contributed by atoms with van der Waals surface area (Å²) in [7, 11) is 0. The van der Waals surface area contributed by atoms with Crippen molar-refractivity contribution in [3.8, 4) is 22.9 Å². The fourth-order valence-electron chi connectivity index (χ4n) is 2.27. The zero-order valence-corrected chi connectivity index (χ0v) is 13.9. The van der Waals surface area contributed by atoms with Crippen LogP contribution in [0.15, 0.2) is 60.7 Å². The molecule has 26 heavy (non-hydrogen) atoms. The number of aromatic nitrogens is 1. The Morgan fingerprint density at radius 3 is 2.46 bits per heavy atom.